The summed E-state index contributed by atoms with van der Waals surface area (Å²) < 4.78 is 40.7. The molecule has 8 heteroatoms. The molecule has 0 aliphatic heterocycles. The van der Waals surface area contributed by atoms with Crippen LogP contribution < -0.4 is 19.5 Å². The molecule has 1 fully saturated rings. The number of ether oxygens (including phenoxy) is 2. The minimum atomic E-state index is -1.21. The van der Waals surface area contributed by atoms with Gasteiger partial charge in [0, 0.05) is 17.9 Å². The number of benzene rings is 2. The Kier molecular flexibility index (Phi) is 11.6. The van der Waals surface area contributed by atoms with Gasteiger partial charge in [-0.05, 0) is 67.9 Å². The van der Waals surface area contributed by atoms with Crippen LogP contribution >= 0.6 is 0 Å². The largest absolute Gasteiger partial charge is 0.598 e. The number of methoxy groups -OCH3 is 1. The second kappa shape index (κ2) is 14.9. The Labute approximate surface area is 223 Å². The van der Waals surface area contributed by atoms with Crippen molar-refractivity contribution in [3.8, 4) is 23.3 Å². The molecular weight excluding hydrogens is 491 g/mol. The number of rotatable bonds is 11. The number of carbonyl (C=O) groups excluding carboxylic acids is 1. The van der Waals surface area contributed by atoms with E-state index in [-0.39, 0.29) is 29.5 Å². The highest BCUT2D eigenvalue weighted by molar-refractivity contribution is 7.90. The number of amides is 1. The van der Waals surface area contributed by atoms with Gasteiger partial charge in [0.15, 0.2) is 11.5 Å². The van der Waals surface area contributed by atoms with Gasteiger partial charge in [0.25, 0.3) is 0 Å². The molecule has 2 aromatic carbocycles. The molecule has 200 valence electrons. The third-order valence-corrected chi connectivity index (χ3v) is 7.95. The van der Waals surface area contributed by atoms with Crippen molar-refractivity contribution < 1.29 is 23.2 Å². The fraction of sp³-hybridized carbons (Fsp3) is 0.483. The molecule has 6 nitrogen and oxygen atoms in total. The summed E-state index contributed by atoms with van der Waals surface area (Å²) >= 11 is -1.21. The first-order chi connectivity index (χ1) is 17.9. The van der Waals surface area contributed by atoms with Gasteiger partial charge in [-0.2, -0.15) is 0 Å². The first-order valence-corrected chi connectivity index (χ1v) is 14.1. The number of nitrogens with one attached hydrogen (secondary N) is 2. The smallest absolute Gasteiger partial charge is 0.241 e. The summed E-state index contributed by atoms with van der Waals surface area (Å²) in [6, 6.07) is 11.4. The second-order valence-electron chi connectivity index (χ2n) is 9.49. The van der Waals surface area contributed by atoms with Gasteiger partial charge < -0.3 is 19.3 Å². The molecule has 0 heterocycles. The Balaban J connectivity index is 1.49. The predicted molar refractivity (Wildman–Crippen MR) is 145 cm³/mol. The van der Waals surface area contributed by atoms with Crippen LogP contribution in [0.5, 0.6) is 11.5 Å². The molecule has 1 unspecified atom stereocenters. The van der Waals surface area contributed by atoms with Gasteiger partial charge in [0.2, 0.25) is 5.91 Å². The van der Waals surface area contributed by atoms with Gasteiger partial charge in [0.1, 0.15) is 23.7 Å². The molecule has 2 atom stereocenters. The van der Waals surface area contributed by atoms with Crippen molar-refractivity contribution in [1.82, 2.24) is 10.0 Å². The molecule has 2 aromatic rings. The first-order valence-electron chi connectivity index (χ1n) is 12.9. The van der Waals surface area contributed by atoms with Crippen LogP contribution in [0.1, 0.15) is 57.1 Å². The molecule has 1 aliphatic carbocycles. The zero-order chi connectivity index (χ0) is 26.6. The highest BCUT2D eigenvalue weighted by Gasteiger charge is 2.32. The fourth-order valence-electron chi connectivity index (χ4n) is 4.23. The second-order valence-corrected chi connectivity index (χ2v) is 11.0. The van der Waals surface area contributed by atoms with Crippen molar-refractivity contribution in [2.45, 2.75) is 63.7 Å². The molecule has 1 amide bonds. The van der Waals surface area contributed by atoms with E-state index in [1.54, 1.807) is 31.4 Å². The van der Waals surface area contributed by atoms with E-state index in [4.69, 9.17) is 9.47 Å². The predicted octanol–water partition coefficient (Wildman–Crippen LogP) is 4.53. The van der Waals surface area contributed by atoms with Crippen LogP contribution in [0.25, 0.3) is 0 Å². The molecule has 0 radical (unpaired) electrons. The number of hydrogen-bond acceptors (Lipinski definition) is 5. The van der Waals surface area contributed by atoms with Crippen LogP contribution in [0, 0.1) is 23.6 Å². The first kappa shape index (κ1) is 28.8. The van der Waals surface area contributed by atoms with Crippen LogP contribution in [0.3, 0.4) is 0 Å². The minimum absolute atomic E-state index is 0.0190. The quantitative estimate of drug-likeness (QED) is 0.331. The molecule has 0 bridgehead atoms. The number of halogens is 1. The number of hydrogen-bond donors (Lipinski definition) is 2. The third kappa shape index (κ3) is 8.96. The molecular formula is C29H37FN2O4S. The van der Waals surface area contributed by atoms with E-state index in [1.165, 1.54) is 12.5 Å². The van der Waals surface area contributed by atoms with E-state index in [2.05, 4.69) is 21.9 Å². The molecule has 37 heavy (non-hydrogen) atoms. The minimum Gasteiger partial charge on any atom is -0.598 e. The van der Waals surface area contributed by atoms with Gasteiger partial charge in [-0.25, -0.2) is 4.39 Å². The molecule has 1 aliphatic rings. The van der Waals surface area contributed by atoms with Crippen molar-refractivity contribution in [3.05, 3.63) is 59.4 Å². The van der Waals surface area contributed by atoms with Gasteiger partial charge in [-0.1, -0.05) is 50.3 Å². The Morgan fingerprint density at radius 2 is 1.92 bits per heavy atom. The standard InChI is InChI=1S/C29H37FN2O4S/c1-21(2)28(32-37(34)24-12-5-4-6-13-24)29(33)31-18-17-22-15-16-26(27(20-22)35-3)36-19-9-11-23-10-7-8-14-25(23)30/h7-8,10,14-16,20-21,24,28,32H,4-6,12-13,17-19H2,1-3H3,(H,31,33)/t28-,37?/m0/s1. The lowest BCUT2D eigenvalue weighted by molar-refractivity contribution is -0.123. The SMILES string of the molecule is COc1cc(CCNC(=O)[C@@H](N[S+]([O-])C2CCCCC2)C(C)C)ccc1OCC#Cc1ccccc1F. The summed E-state index contributed by atoms with van der Waals surface area (Å²) in [6.45, 7) is 4.45. The van der Waals surface area contributed by atoms with E-state index in [0.29, 0.717) is 30.0 Å². The molecule has 0 aromatic heterocycles. The molecule has 1 saturated carbocycles. The monoisotopic (exact) mass is 528 g/mol. The van der Waals surface area contributed by atoms with Gasteiger partial charge in [-0.3, -0.25) is 4.79 Å². The Morgan fingerprint density at radius 1 is 1.16 bits per heavy atom. The van der Waals surface area contributed by atoms with Crippen LogP contribution in [-0.2, 0) is 22.6 Å². The van der Waals surface area contributed by atoms with Crippen molar-refractivity contribution in [2.75, 3.05) is 20.3 Å². The van der Waals surface area contributed by atoms with Crippen LogP contribution in [-0.4, -0.2) is 42.0 Å². The van der Waals surface area contributed by atoms with Crippen molar-refractivity contribution in [1.29, 1.82) is 0 Å². The highest BCUT2D eigenvalue weighted by atomic mass is 32.2. The van der Waals surface area contributed by atoms with Crippen LogP contribution in [0.2, 0.25) is 0 Å². The van der Waals surface area contributed by atoms with Crippen molar-refractivity contribution >= 4 is 17.3 Å². The van der Waals surface area contributed by atoms with Crippen molar-refractivity contribution in [2.24, 2.45) is 5.92 Å². The van der Waals surface area contributed by atoms with Gasteiger partial charge in [-0.15, -0.1) is 4.72 Å². The zero-order valence-corrected chi connectivity index (χ0v) is 22.7. The average Bonchev–Trinajstić information content (AvgIpc) is 2.91. The summed E-state index contributed by atoms with van der Waals surface area (Å²) in [5.74, 6) is 6.18. The lowest BCUT2D eigenvalue weighted by Gasteiger charge is -2.28. The summed E-state index contributed by atoms with van der Waals surface area (Å²) in [5, 5.41) is 3.10. The van der Waals surface area contributed by atoms with Crippen molar-refractivity contribution in [3.63, 3.8) is 0 Å². The molecule has 0 spiro atoms. The normalized spacial score (nSPS) is 15.4. The van der Waals surface area contributed by atoms with Crippen LogP contribution in [0.15, 0.2) is 42.5 Å². The molecule has 0 saturated heterocycles. The van der Waals surface area contributed by atoms with E-state index in [1.807, 2.05) is 26.0 Å². The lowest BCUT2D eigenvalue weighted by atomic mass is 10.0. The molecule has 2 N–H and O–H groups in total. The maximum Gasteiger partial charge on any atom is 0.241 e. The summed E-state index contributed by atoms with van der Waals surface area (Å²) in [7, 11) is 1.56. The van der Waals surface area contributed by atoms with E-state index < -0.39 is 17.4 Å². The zero-order valence-electron chi connectivity index (χ0n) is 21.8. The third-order valence-electron chi connectivity index (χ3n) is 6.38. The van der Waals surface area contributed by atoms with E-state index in [9.17, 15) is 13.7 Å². The Hall–Kier alpha value is -2.73. The Bertz CT molecular complexity index is 1080. The maximum absolute atomic E-state index is 13.7. The summed E-state index contributed by atoms with van der Waals surface area (Å²) in [5.41, 5.74) is 1.30. The summed E-state index contributed by atoms with van der Waals surface area (Å²) in [6.07, 6.45) is 5.91. The van der Waals surface area contributed by atoms with Gasteiger partial charge >= 0.3 is 0 Å². The van der Waals surface area contributed by atoms with Crippen LogP contribution in [0.4, 0.5) is 4.39 Å². The average molecular weight is 529 g/mol. The van der Waals surface area contributed by atoms with E-state index >= 15 is 0 Å². The number of carbonyl (C=O) groups is 1. The highest BCUT2D eigenvalue weighted by Crippen LogP contribution is 2.28. The Morgan fingerprint density at radius 3 is 2.62 bits per heavy atom. The van der Waals surface area contributed by atoms with Gasteiger partial charge in [0.05, 0.1) is 12.7 Å². The fourth-order valence-corrected chi connectivity index (χ4v) is 5.81. The lowest BCUT2D eigenvalue weighted by Crippen LogP contribution is -2.52. The maximum atomic E-state index is 13.7. The molecule has 3 rings (SSSR count). The topological polar surface area (TPSA) is 82.7 Å². The summed E-state index contributed by atoms with van der Waals surface area (Å²) in [4.78, 5) is 12.9. The van der Waals surface area contributed by atoms with E-state index in [0.717, 1.165) is 31.2 Å².